The van der Waals surface area contributed by atoms with Crippen molar-refractivity contribution in [1.82, 2.24) is 0 Å². The van der Waals surface area contributed by atoms with Gasteiger partial charge in [-0.15, -0.1) is 11.8 Å². The lowest BCUT2D eigenvalue weighted by Crippen LogP contribution is -2.27. The van der Waals surface area contributed by atoms with Gasteiger partial charge in [0.05, 0.1) is 15.8 Å². The number of halogens is 2. The van der Waals surface area contributed by atoms with Gasteiger partial charge in [0.25, 0.3) is 0 Å². The number of carbonyl (C=O) groups excluding carboxylic acids is 1. The van der Waals surface area contributed by atoms with E-state index in [1.54, 1.807) is 22.7 Å². The number of anilines is 1. The maximum absolute atomic E-state index is 12.2. The highest BCUT2D eigenvalue weighted by molar-refractivity contribution is 8.00. The van der Waals surface area contributed by atoms with E-state index in [2.05, 4.69) is 0 Å². The van der Waals surface area contributed by atoms with Crippen molar-refractivity contribution < 1.29 is 4.79 Å². The van der Waals surface area contributed by atoms with E-state index in [4.69, 9.17) is 23.2 Å². The zero-order chi connectivity index (χ0) is 14.1. The van der Waals surface area contributed by atoms with Gasteiger partial charge in [-0.1, -0.05) is 53.5 Å². The van der Waals surface area contributed by atoms with Crippen molar-refractivity contribution in [3.05, 3.63) is 64.1 Å². The van der Waals surface area contributed by atoms with E-state index in [1.807, 2.05) is 42.5 Å². The van der Waals surface area contributed by atoms with Crippen LogP contribution in [-0.2, 0) is 4.79 Å². The molecule has 1 fully saturated rings. The highest BCUT2D eigenvalue weighted by atomic mass is 35.5. The van der Waals surface area contributed by atoms with Crippen molar-refractivity contribution in [2.24, 2.45) is 0 Å². The van der Waals surface area contributed by atoms with Gasteiger partial charge in [0.1, 0.15) is 5.37 Å². The van der Waals surface area contributed by atoms with Gasteiger partial charge in [-0.3, -0.25) is 9.69 Å². The lowest BCUT2D eigenvalue weighted by Gasteiger charge is -2.25. The molecular formula is C15H11Cl2NOS. The van der Waals surface area contributed by atoms with Crippen LogP contribution in [0.5, 0.6) is 0 Å². The van der Waals surface area contributed by atoms with Crippen molar-refractivity contribution >= 4 is 46.6 Å². The van der Waals surface area contributed by atoms with Crippen molar-refractivity contribution in [3.63, 3.8) is 0 Å². The van der Waals surface area contributed by atoms with E-state index in [0.717, 1.165) is 11.3 Å². The summed E-state index contributed by atoms with van der Waals surface area (Å²) in [4.78, 5) is 14.0. The van der Waals surface area contributed by atoms with Gasteiger partial charge >= 0.3 is 0 Å². The Hall–Kier alpha value is -1.16. The van der Waals surface area contributed by atoms with Crippen LogP contribution in [-0.4, -0.2) is 11.7 Å². The second-order valence-electron chi connectivity index (χ2n) is 4.41. The van der Waals surface area contributed by atoms with Gasteiger partial charge in [0.2, 0.25) is 5.91 Å². The topological polar surface area (TPSA) is 20.3 Å². The third-order valence-electron chi connectivity index (χ3n) is 3.15. The van der Waals surface area contributed by atoms with Crippen LogP contribution in [0.15, 0.2) is 48.5 Å². The Bertz CT molecular complexity index is 648. The van der Waals surface area contributed by atoms with E-state index in [1.165, 1.54) is 0 Å². The summed E-state index contributed by atoms with van der Waals surface area (Å²) in [6.45, 7) is 0. The molecule has 1 aliphatic heterocycles. The number of benzene rings is 2. The lowest BCUT2D eigenvalue weighted by atomic mass is 10.2. The first-order chi connectivity index (χ1) is 9.68. The van der Waals surface area contributed by atoms with Crippen LogP contribution in [0.25, 0.3) is 0 Å². The van der Waals surface area contributed by atoms with E-state index >= 15 is 0 Å². The first kappa shape index (κ1) is 13.8. The minimum Gasteiger partial charge on any atom is -0.295 e. The predicted molar refractivity (Wildman–Crippen MR) is 85.6 cm³/mol. The lowest BCUT2D eigenvalue weighted by molar-refractivity contribution is -0.115. The molecule has 1 amide bonds. The Morgan fingerprint density at radius 3 is 2.55 bits per heavy atom. The van der Waals surface area contributed by atoms with Gasteiger partial charge in [0.15, 0.2) is 0 Å². The molecule has 3 rings (SSSR count). The van der Waals surface area contributed by atoms with Crippen LogP contribution in [0, 0.1) is 0 Å². The van der Waals surface area contributed by atoms with Crippen molar-refractivity contribution in [2.45, 2.75) is 5.37 Å². The van der Waals surface area contributed by atoms with E-state index in [-0.39, 0.29) is 11.3 Å². The maximum atomic E-state index is 12.2. The number of nitrogens with zero attached hydrogens (tertiary/aromatic N) is 1. The second kappa shape index (κ2) is 5.68. The average Bonchev–Trinajstić information content (AvgIpc) is 2.84. The minimum absolute atomic E-state index is 0.0854. The molecule has 0 aromatic heterocycles. The molecular weight excluding hydrogens is 313 g/mol. The van der Waals surface area contributed by atoms with Crippen LogP contribution in [0.4, 0.5) is 5.69 Å². The molecule has 0 bridgehead atoms. The van der Waals surface area contributed by atoms with Crippen LogP contribution in [0.2, 0.25) is 10.0 Å². The van der Waals surface area contributed by atoms with Gasteiger partial charge in [-0.05, 0) is 18.2 Å². The van der Waals surface area contributed by atoms with Crippen molar-refractivity contribution in [1.29, 1.82) is 0 Å². The van der Waals surface area contributed by atoms with Crippen LogP contribution in [0.1, 0.15) is 10.9 Å². The molecule has 2 aromatic carbocycles. The molecule has 5 heteroatoms. The fourth-order valence-corrected chi connectivity index (χ4v) is 3.91. The molecule has 1 aliphatic rings. The monoisotopic (exact) mass is 323 g/mol. The third-order valence-corrected chi connectivity index (χ3v) is 5.18. The fourth-order valence-electron chi connectivity index (χ4n) is 2.23. The number of rotatable bonds is 2. The van der Waals surface area contributed by atoms with Crippen LogP contribution < -0.4 is 4.90 Å². The maximum Gasteiger partial charge on any atom is 0.238 e. The summed E-state index contributed by atoms with van der Waals surface area (Å²) in [5, 5.41) is 0.899. The van der Waals surface area contributed by atoms with Crippen LogP contribution >= 0.6 is 35.0 Å². The Labute approximate surface area is 131 Å². The number of hydrogen-bond donors (Lipinski definition) is 0. The zero-order valence-electron chi connectivity index (χ0n) is 10.4. The summed E-state index contributed by atoms with van der Waals surface area (Å²) in [7, 11) is 0. The summed E-state index contributed by atoms with van der Waals surface area (Å²) >= 11 is 13.9. The van der Waals surface area contributed by atoms with Gasteiger partial charge < -0.3 is 0 Å². The molecule has 1 unspecified atom stereocenters. The first-order valence-electron chi connectivity index (χ1n) is 6.11. The number of carbonyl (C=O) groups is 1. The minimum atomic E-state index is -0.129. The second-order valence-corrected chi connectivity index (χ2v) is 6.26. The molecule has 0 radical (unpaired) electrons. The molecule has 0 aliphatic carbocycles. The van der Waals surface area contributed by atoms with E-state index in [9.17, 15) is 4.79 Å². The van der Waals surface area contributed by atoms with E-state index < -0.39 is 0 Å². The van der Waals surface area contributed by atoms with Gasteiger partial charge in [0, 0.05) is 11.3 Å². The third kappa shape index (κ3) is 2.41. The normalized spacial score (nSPS) is 18.6. The summed E-state index contributed by atoms with van der Waals surface area (Å²) in [5.74, 6) is 0.532. The SMILES string of the molecule is O=C1CSC(c2cccc(Cl)c2Cl)N1c1ccccc1. The molecule has 102 valence electrons. The fraction of sp³-hybridized carbons (Fsp3) is 0.133. The molecule has 0 N–H and O–H groups in total. The highest BCUT2D eigenvalue weighted by Gasteiger charge is 2.35. The highest BCUT2D eigenvalue weighted by Crippen LogP contribution is 2.45. The van der Waals surface area contributed by atoms with E-state index in [0.29, 0.717) is 15.8 Å². The standard InChI is InChI=1S/C15H11Cl2NOS/c16-12-8-4-7-11(14(12)17)15-18(13(19)9-20-15)10-5-2-1-3-6-10/h1-8,15H,9H2. The molecule has 1 saturated heterocycles. The van der Waals surface area contributed by atoms with Gasteiger partial charge in [-0.2, -0.15) is 0 Å². The Kier molecular flexibility index (Phi) is 3.92. The van der Waals surface area contributed by atoms with Gasteiger partial charge in [-0.25, -0.2) is 0 Å². The van der Waals surface area contributed by atoms with Crippen LogP contribution in [0.3, 0.4) is 0 Å². The molecule has 0 saturated carbocycles. The Morgan fingerprint density at radius 1 is 1.05 bits per heavy atom. The molecule has 2 aromatic rings. The number of para-hydroxylation sites is 1. The quantitative estimate of drug-likeness (QED) is 0.793. The molecule has 1 atom stereocenters. The number of thioether (sulfide) groups is 1. The number of amides is 1. The number of hydrogen-bond acceptors (Lipinski definition) is 2. The molecule has 0 spiro atoms. The summed E-state index contributed by atoms with van der Waals surface area (Å²) in [5.41, 5.74) is 1.75. The largest absolute Gasteiger partial charge is 0.295 e. The smallest absolute Gasteiger partial charge is 0.238 e. The molecule has 1 heterocycles. The summed E-state index contributed by atoms with van der Waals surface area (Å²) in [6.07, 6.45) is 0. The molecule has 20 heavy (non-hydrogen) atoms. The predicted octanol–water partition coefficient (Wildman–Crippen LogP) is 4.77. The zero-order valence-corrected chi connectivity index (χ0v) is 12.8. The summed E-state index contributed by atoms with van der Waals surface area (Å²) < 4.78 is 0. The summed E-state index contributed by atoms with van der Waals surface area (Å²) in [6, 6.07) is 15.1. The Balaban J connectivity index is 2.04. The Morgan fingerprint density at radius 2 is 1.80 bits per heavy atom. The average molecular weight is 324 g/mol. The van der Waals surface area contributed by atoms with Crippen molar-refractivity contribution in [3.8, 4) is 0 Å². The van der Waals surface area contributed by atoms with Crippen molar-refractivity contribution in [2.75, 3.05) is 10.7 Å². The molecule has 2 nitrogen and oxygen atoms in total. The first-order valence-corrected chi connectivity index (χ1v) is 7.91.